The van der Waals surface area contributed by atoms with Gasteiger partial charge in [-0.3, -0.25) is 14.4 Å². The van der Waals surface area contributed by atoms with Crippen molar-refractivity contribution in [2.45, 2.75) is 31.4 Å². The number of anilines is 1. The first-order valence-corrected chi connectivity index (χ1v) is 10.9. The van der Waals surface area contributed by atoms with E-state index >= 15 is 0 Å². The molecule has 0 aromatic heterocycles. The second-order valence-electron chi connectivity index (χ2n) is 8.03. The fourth-order valence-electron chi connectivity index (χ4n) is 3.93. The molecule has 3 amide bonds. The molecule has 9 heteroatoms. The molecule has 2 aliphatic rings. The quantitative estimate of drug-likeness (QED) is 0.709. The second-order valence-corrected chi connectivity index (χ2v) is 9.34. The molecule has 1 atom stereocenters. The molecule has 2 heterocycles. The number of carbonyl (C=O) groups is 3. The van der Waals surface area contributed by atoms with Crippen LogP contribution in [0.1, 0.15) is 42.3 Å². The van der Waals surface area contributed by atoms with Gasteiger partial charge in [0.25, 0.3) is 11.1 Å². The van der Waals surface area contributed by atoms with E-state index in [1.807, 2.05) is 19.1 Å². The lowest BCUT2D eigenvalue weighted by molar-refractivity contribution is -0.121. The fourth-order valence-corrected chi connectivity index (χ4v) is 4.65. The number of nitrogens with one attached hydrogen (secondary N) is 1. The lowest BCUT2D eigenvalue weighted by Gasteiger charge is -2.20. The Morgan fingerprint density at radius 2 is 1.81 bits per heavy atom. The number of hydrazone groups is 1. The van der Waals surface area contributed by atoms with Crippen molar-refractivity contribution >= 4 is 40.2 Å². The maximum absolute atomic E-state index is 13.4. The van der Waals surface area contributed by atoms with Gasteiger partial charge in [-0.05, 0) is 62.2 Å². The first-order chi connectivity index (χ1) is 15.2. The molecule has 0 bridgehead atoms. The molecular weight excluding hydrogens is 430 g/mol. The molecule has 0 saturated carbocycles. The number of benzene rings is 2. The highest BCUT2D eigenvalue weighted by Gasteiger charge is 2.47. The summed E-state index contributed by atoms with van der Waals surface area (Å²) in [5.41, 5.74) is 4.66. The fraction of sp³-hybridized carbons (Fsp3) is 0.304. The standard InChI is InChI=1S/C23H23N3O5S/c1-12-19(24-25-22(29)32-12)13-6-8-16-15(10-13)23(2,3)21(28)26(16)20(27)14-7-9-17(30-4)18(11-14)31-5/h6-12H,1-5H3,(H,25,29). The first kappa shape index (κ1) is 21.9. The zero-order valence-corrected chi connectivity index (χ0v) is 19.2. The van der Waals surface area contributed by atoms with Crippen LogP contribution in [0.5, 0.6) is 11.5 Å². The van der Waals surface area contributed by atoms with Crippen LogP contribution in [0.3, 0.4) is 0 Å². The molecule has 32 heavy (non-hydrogen) atoms. The van der Waals surface area contributed by atoms with Gasteiger partial charge in [0, 0.05) is 5.56 Å². The minimum absolute atomic E-state index is 0.133. The molecule has 4 rings (SSSR count). The van der Waals surface area contributed by atoms with Gasteiger partial charge in [-0.1, -0.05) is 17.8 Å². The second kappa shape index (κ2) is 7.98. The number of methoxy groups -OCH3 is 2. The Hall–Kier alpha value is -3.33. The summed E-state index contributed by atoms with van der Waals surface area (Å²) in [6, 6.07) is 10.3. The molecule has 2 aromatic rings. The highest BCUT2D eigenvalue weighted by atomic mass is 32.2. The number of hydrogen-bond acceptors (Lipinski definition) is 7. The number of rotatable bonds is 4. The number of hydrogen-bond donors (Lipinski definition) is 1. The first-order valence-electron chi connectivity index (χ1n) is 9.99. The molecule has 0 fully saturated rings. The van der Waals surface area contributed by atoms with Crippen LogP contribution in [0.2, 0.25) is 0 Å². The Bertz CT molecular complexity index is 1170. The molecule has 0 aliphatic carbocycles. The molecule has 2 aliphatic heterocycles. The SMILES string of the molecule is COc1ccc(C(=O)N2C(=O)C(C)(C)c3cc(C4=NNC(=O)SC4C)ccc32)cc1OC. The van der Waals surface area contributed by atoms with Gasteiger partial charge in [0.05, 0.1) is 36.3 Å². The Kier molecular flexibility index (Phi) is 5.46. The zero-order chi connectivity index (χ0) is 23.2. The van der Waals surface area contributed by atoms with Crippen molar-refractivity contribution in [3.8, 4) is 11.5 Å². The summed E-state index contributed by atoms with van der Waals surface area (Å²) in [7, 11) is 3.00. The van der Waals surface area contributed by atoms with E-state index in [1.165, 1.54) is 19.1 Å². The van der Waals surface area contributed by atoms with Crippen molar-refractivity contribution in [1.29, 1.82) is 0 Å². The summed E-state index contributed by atoms with van der Waals surface area (Å²) >= 11 is 1.15. The third-order valence-electron chi connectivity index (χ3n) is 5.71. The van der Waals surface area contributed by atoms with E-state index in [4.69, 9.17) is 9.47 Å². The maximum Gasteiger partial charge on any atom is 0.299 e. The van der Waals surface area contributed by atoms with Crippen molar-refractivity contribution in [3.05, 3.63) is 53.1 Å². The highest BCUT2D eigenvalue weighted by Crippen LogP contribution is 2.43. The number of ether oxygens (including phenoxy) is 2. The van der Waals surface area contributed by atoms with Gasteiger partial charge in [0.2, 0.25) is 5.91 Å². The lowest BCUT2D eigenvalue weighted by atomic mass is 9.85. The van der Waals surface area contributed by atoms with E-state index in [0.29, 0.717) is 28.5 Å². The normalized spacial score (nSPS) is 19.2. The maximum atomic E-state index is 13.4. The Morgan fingerprint density at radius 1 is 1.09 bits per heavy atom. The Labute approximate surface area is 190 Å². The van der Waals surface area contributed by atoms with Gasteiger partial charge in [0.1, 0.15) is 0 Å². The van der Waals surface area contributed by atoms with E-state index in [1.54, 1.807) is 38.1 Å². The summed E-state index contributed by atoms with van der Waals surface area (Å²) in [6.45, 7) is 5.49. The molecule has 166 valence electrons. The Balaban J connectivity index is 1.76. The van der Waals surface area contributed by atoms with Crippen LogP contribution in [-0.2, 0) is 10.2 Å². The van der Waals surface area contributed by atoms with Gasteiger partial charge in [-0.15, -0.1) is 0 Å². The molecule has 2 aromatic carbocycles. The molecule has 8 nitrogen and oxygen atoms in total. The van der Waals surface area contributed by atoms with Crippen LogP contribution in [0, 0.1) is 0 Å². The van der Waals surface area contributed by atoms with Gasteiger partial charge >= 0.3 is 0 Å². The molecule has 0 radical (unpaired) electrons. The molecule has 1 unspecified atom stereocenters. The van der Waals surface area contributed by atoms with Gasteiger partial charge < -0.3 is 9.47 Å². The van der Waals surface area contributed by atoms with Crippen molar-refractivity contribution in [2.75, 3.05) is 19.1 Å². The van der Waals surface area contributed by atoms with Crippen LogP contribution >= 0.6 is 11.8 Å². The lowest BCUT2D eigenvalue weighted by Crippen LogP contribution is -2.40. The van der Waals surface area contributed by atoms with Crippen LogP contribution < -0.4 is 19.8 Å². The summed E-state index contributed by atoms with van der Waals surface area (Å²) < 4.78 is 10.5. The minimum atomic E-state index is -0.910. The number of fused-ring (bicyclic) bond motifs is 1. The number of amides is 3. The van der Waals surface area contributed by atoms with Crippen molar-refractivity contribution in [3.63, 3.8) is 0 Å². The monoisotopic (exact) mass is 453 g/mol. The van der Waals surface area contributed by atoms with E-state index in [9.17, 15) is 14.4 Å². The van der Waals surface area contributed by atoms with Crippen LogP contribution in [0.15, 0.2) is 41.5 Å². The van der Waals surface area contributed by atoms with E-state index in [0.717, 1.165) is 22.9 Å². The summed E-state index contributed by atoms with van der Waals surface area (Å²) in [5.74, 6) is 0.144. The van der Waals surface area contributed by atoms with Crippen LogP contribution in [0.25, 0.3) is 0 Å². The van der Waals surface area contributed by atoms with Crippen molar-refractivity contribution in [2.24, 2.45) is 5.10 Å². The molecule has 0 spiro atoms. The van der Waals surface area contributed by atoms with Gasteiger partial charge in [-0.2, -0.15) is 5.10 Å². The summed E-state index contributed by atoms with van der Waals surface area (Å²) in [5, 5.41) is 3.86. The minimum Gasteiger partial charge on any atom is -0.493 e. The van der Waals surface area contributed by atoms with Crippen molar-refractivity contribution < 1.29 is 23.9 Å². The average molecular weight is 454 g/mol. The third-order valence-corrected chi connectivity index (χ3v) is 6.60. The molecule has 1 N–H and O–H groups in total. The highest BCUT2D eigenvalue weighted by molar-refractivity contribution is 8.14. The smallest absolute Gasteiger partial charge is 0.299 e. The molecule has 0 saturated heterocycles. The van der Waals surface area contributed by atoms with Gasteiger partial charge in [-0.25, -0.2) is 10.3 Å². The number of nitrogens with zero attached hydrogens (tertiary/aromatic N) is 2. The average Bonchev–Trinajstić information content (AvgIpc) is 2.98. The zero-order valence-electron chi connectivity index (χ0n) is 18.4. The summed E-state index contributed by atoms with van der Waals surface area (Å²) in [6.07, 6.45) is 0. The van der Waals surface area contributed by atoms with E-state index in [2.05, 4.69) is 10.5 Å². The number of carbonyl (C=O) groups excluding carboxylic acids is 3. The largest absolute Gasteiger partial charge is 0.493 e. The van der Waals surface area contributed by atoms with Crippen LogP contribution in [-0.4, -0.2) is 42.2 Å². The molecular formula is C23H23N3O5S. The predicted molar refractivity (Wildman–Crippen MR) is 123 cm³/mol. The van der Waals surface area contributed by atoms with E-state index in [-0.39, 0.29) is 16.4 Å². The van der Waals surface area contributed by atoms with Crippen molar-refractivity contribution in [1.82, 2.24) is 5.43 Å². The topological polar surface area (TPSA) is 97.3 Å². The van der Waals surface area contributed by atoms with Crippen LogP contribution in [0.4, 0.5) is 10.5 Å². The predicted octanol–water partition coefficient (Wildman–Crippen LogP) is 3.72. The number of thioether (sulfide) groups is 1. The van der Waals surface area contributed by atoms with Gasteiger partial charge in [0.15, 0.2) is 11.5 Å². The Morgan fingerprint density at radius 3 is 2.47 bits per heavy atom. The van der Waals surface area contributed by atoms with E-state index < -0.39 is 11.3 Å². The third kappa shape index (κ3) is 3.42. The number of imide groups is 1. The summed E-state index contributed by atoms with van der Waals surface area (Å²) in [4.78, 5) is 39.5.